The number of carbonyl (C=O) groups excluding carboxylic acids is 6. The zero-order chi connectivity index (χ0) is 56.1. The van der Waals surface area contributed by atoms with Crippen LogP contribution >= 0.6 is 0 Å². The number of anilines is 3. The number of amides is 6. The molecule has 21 heteroatoms. The first-order chi connectivity index (χ1) is 37.9. The van der Waals surface area contributed by atoms with Crippen LogP contribution in [0.25, 0.3) is 0 Å². The number of hydrogen-bond donors (Lipinski definition) is 6. The Morgan fingerprint density at radius 2 is 1.59 bits per heavy atom. The van der Waals surface area contributed by atoms with Crippen molar-refractivity contribution in [1.29, 1.82) is 0 Å². The number of carbonyl (C=O) groups is 6. The smallest absolute Gasteiger partial charge is 0.252 e. The number of piperazine rings is 1. The summed E-state index contributed by atoms with van der Waals surface area (Å²) in [6.45, 7) is 12.0. The van der Waals surface area contributed by atoms with Gasteiger partial charge in [0.25, 0.3) is 5.91 Å². The van der Waals surface area contributed by atoms with Gasteiger partial charge in [-0.2, -0.15) is 0 Å². The molecular weight excluding hydrogens is 1020 g/mol. The molecule has 7 atom stereocenters. The van der Waals surface area contributed by atoms with Crippen LogP contribution in [0.3, 0.4) is 0 Å². The van der Waals surface area contributed by atoms with E-state index in [-0.39, 0.29) is 66.7 Å². The van der Waals surface area contributed by atoms with Gasteiger partial charge in [0.05, 0.1) is 37.8 Å². The molecule has 3 saturated heterocycles. The molecule has 3 fully saturated rings. The van der Waals surface area contributed by atoms with Crippen molar-refractivity contribution in [1.82, 2.24) is 36.0 Å². The van der Waals surface area contributed by atoms with Crippen LogP contribution in [-0.2, 0) is 56.6 Å². The Kier molecular flexibility index (Phi) is 17.8. The van der Waals surface area contributed by atoms with Gasteiger partial charge in [0.2, 0.25) is 29.5 Å². The Morgan fingerprint density at radius 1 is 0.861 bits per heavy atom. The molecule has 4 aromatic rings. The molecule has 5 heterocycles. The summed E-state index contributed by atoms with van der Waals surface area (Å²) in [5.41, 5.74) is 1.86. The molecule has 422 valence electrons. The lowest BCUT2D eigenvalue weighted by molar-refractivity contribution is -0.144. The Labute approximate surface area is 458 Å². The predicted octanol–water partition coefficient (Wildman–Crippen LogP) is 3.98. The van der Waals surface area contributed by atoms with Crippen molar-refractivity contribution < 1.29 is 51.4 Å². The van der Waals surface area contributed by atoms with Crippen molar-refractivity contribution in [3.8, 4) is 0 Å². The van der Waals surface area contributed by atoms with Crippen molar-refractivity contribution in [3.63, 3.8) is 0 Å². The molecular formula is C58H71F3N10O8. The lowest BCUT2D eigenvalue weighted by atomic mass is 9.83. The highest BCUT2D eigenvalue weighted by atomic mass is 19.1. The summed E-state index contributed by atoms with van der Waals surface area (Å²) < 4.78 is 55.2. The number of fused-ring (bicyclic) bond motifs is 2. The van der Waals surface area contributed by atoms with Gasteiger partial charge in [-0.3, -0.25) is 38.6 Å². The van der Waals surface area contributed by atoms with Crippen LogP contribution < -0.4 is 36.8 Å². The standard InChI is InChI=1S/C58H71F3N10O8/c1-34-28-69(43(26-63-34)30-68-19-22-79-32-35(68)2)31-50(73)71-33-58(4,45-16-11-38(24-48(45)71)23-37-9-13-41(59)14-10-37)57(77)64-27-49(72)65-42-15-12-40-29-70(53(44(40)25-42)55(75)67-52-46(60)7-6-8-47(52)61)56(76)51(39-17-20-78-21-18-39)66-54(74)36(3)62-5/h6-16,24-25,34-36,39,43,51,53,62-63H,17-23,26-33H2,1-5H3,(H,64,77)(H,65,72)(H,66,74)(H,67,75)/t34-,35-,36?,43-,51?,53+,58?/m1/s1. The molecule has 3 unspecified atom stereocenters. The molecule has 18 nitrogen and oxygen atoms in total. The molecule has 5 aliphatic heterocycles. The zero-order valence-corrected chi connectivity index (χ0v) is 45.3. The Morgan fingerprint density at radius 3 is 2.32 bits per heavy atom. The Balaban J connectivity index is 0.934. The van der Waals surface area contributed by atoms with E-state index >= 15 is 8.78 Å². The highest BCUT2D eigenvalue weighted by Crippen LogP contribution is 2.43. The van der Waals surface area contributed by atoms with E-state index in [2.05, 4.69) is 55.5 Å². The highest BCUT2D eigenvalue weighted by Gasteiger charge is 2.48. The second kappa shape index (κ2) is 24.7. The van der Waals surface area contributed by atoms with E-state index in [0.717, 1.165) is 42.4 Å². The quantitative estimate of drug-likeness (QED) is 0.0889. The monoisotopic (exact) mass is 1090 g/mol. The number of halogens is 3. The largest absolute Gasteiger partial charge is 0.381 e. The fourth-order valence-electron chi connectivity index (χ4n) is 11.5. The minimum Gasteiger partial charge on any atom is -0.381 e. The fourth-order valence-corrected chi connectivity index (χ4v) is 11.5. The van der Waals surface area contributed by atoms with Crippen molar-refractivity contribution in [2.45, 2.75) is 95.2 Å². The van der Waals surface area contributed by atoms with E-state index in [1.165, 1.54) is 23.1 Å². The Hall–Kier alpha value is -6.75. The number of ether oxygens (including phenoxy) is 2. The van der Waals surface area contributed by atoms with Gasteiger partial charge in [0.15, 0.2) is 0 Å². The van der Waals surface area contributed by atoms with E-state index in [0.29, 0.717) is 75.6 Å². The van der Waals surface area contributed by atoms with Crippen molar-refractivity contribution in [2.24, 2.45) is 5.92 Å². The number of rotatable bonds is 17. The van der Waals surface area contributed by atoms with E-state index in [1.54, 1.807) is 50.1 Å². The molecule has 6 N–H and O–H groups in total. The molecule has 5 aliphatic rings. The average Bonchev–Trinajstić information content (AvgIpc) is 4.20. The summed E-state index contributed by atoms with van der Waals surface area (Å²) in [7, 11) is 1.61. The van der Waals surface area contributed by atoms with Crippen molar-refractivity contribution >= 4 is 52.5 Å². The van der Waals surface area contributed by atoms with Gasteiger partial charge < -0.3 is 51.2 Å². The second-order valence-corrected chi connectivity index (χ2v) is 21.8. The summed E-state index contributed by atoms with van der Waals surface area (Å²) in [4.78, 5) is 93.3. The van der Waals surface area contributed by atoms with Crippen LogP contribution in [0, 0.1) is 23.4 Å². The van der Waals surface area contributed by atoms with Gasteiger partial charge >= 0.3 is 0 Å². The third-order valence-electron chi connectivity index (χ3n) is 16.2. The zero-order valence-electron chi connectivity index (χ0n) is 45.3. The molecule has 0 spiro atoms. The van der Waals surface area contributed by atoms with Gasteiger partial charge in [0.1, 0.15) is 35.2 Å². The number of hydrogen-bond acceptors (Lipinski definition) is 12. The molecule has 9 rings (SSSR count). The third kappa shape index (κ3) is 12.8. The van der Waals surface area contributed by atoms with Crippen LogP contribution in [0.4, 0.5) is 30.2 Å². The van der Waals surface area contributed by atoms with Crippen molar-refractivity contribution in [2.75, 3.05) is 94.8 Å². The molecule has 0 aliphatic carbocycles. The predicted molar refractivity (Wildman–Crippen MR) is 290 cm³/mol. The van der Waals surface area contributed by atoms with Gasteiger partial charge in [-0.1, -0.05) is 36.4 Å². The minimum absolute atomic E-state index is 0.00468. The first-order valence-electron chi connectivity index (χ1n) is 27.2. The SMILES string of the molecule is CNC(C)C(=O)NC(C(=O)N1Cc2ccc(NC(=O)CNC(=O)C3(C)CN(C(=O)CN4C[C@@H](C)NC[C@@H]4CN4CCOC[C@H]4C)c4cc(Cc5ccc(F)cc5)ccc43)cc2[C@H]1C(=O)Nc1c(F)cccc1F)C1CCOCC1. The Bertz CT molecular complexity index is 2910. The number of benzene rings is 4. The summed E-state index contributed by atoms with van der Waals surface area (Å²) >= 11 is 0. The van der Waals surface area contributed by atoms with Crippen molar-refractivity contribution in [3.05, 3.63) is 124 Å². The minimum atomic E-state index is -1.46. The maximum atomic E-state index is 15.0. The lowest BCUT2D eigenvalue weighted by Crippen LogP contribution is -2.62. The number of morpholine rings is 1. The van der Waals surface area contributed by atoms with Gasteiger partial charge in [-0.25, -0.2) is 13.2 Å². The molecule has 0 saturated carbocycles. The molecule has 0 aromatic heterocycles. The highest BCUT2D eigenvalue weighted by molar-refractivity contribution is 6.05. The van der Waals surface area contributed by atoms with E-state index < -0.39 is 76.9 Å². The lowest BCUT2D eigenvalue weighted by Gasteiger charge is -2.43. The van der Waals surface area contributed by atoms with E-state index in [1.807, 2.05) is 18.2 Å². The topological polar surface area (TPSA) is 206 Å². The van der Waals surface area contributed by atoms with Gasteiger partial charge in [-0.05, 0) is 130 Å². The van der Waals surface area contributed by atoms with E-state index in [4.69, 9.17) is 9.47 Å². The average molecular weight is 1090 g/mol. The molecule has 0 radical (unpaired) electrons. The first-order valence-corrected chi connectivity index (χ1v) is 27.2. The van der Waals surface area contributed by atoms with Gasteiger partial charge in [0, 0.05) is 82.0 Å². The maximum Gasteiger partial charge on any atom is 0.252 e. The normalized spacial score (nSPS) is 23.3. The molecule has 4 aromatic carbocycles. The van der Waals surface area contributed by atoms with Crippen LogP contribution in [0.5, 0.6) is 0 Å². The van der Waals surface area contributed by atoms with E-state index in [9.17, 15) is 33.2 Å². The summed E-state index contributed by atoms with van der Waals surface area (Å²) in [5, 5.41) is 17.3. The molecule has 6 amide bonds. The van der Waals surface area contributed by atoms with Crippen LogP contribution in [0.15, 0.2) is 78.9 Å². The number of nitrogens with one attached hydrogen (secondary N) is 6. The summed E-state index contributed by atoms with van der Waals surface area (Å²) in [6.07, 6.45) is 1.35. The number of para-hydroxylation sites is 1. The fraction of sp³-hybridized carbons (Fsp3) is 0.483. The molecule has 79 heavy (non-hydrogen) atoms. The van der Waals surface area contributed by atoms with Crippen LogP contribution in [0.1, 0.15) is 74.4 Å². The number of likely N-dealkylation sites (N-methyl/N-ethyl adjacent to an activating group) is 1. The first kappa shape index (κ1) is 57.0. The maximum absolute atomic E-state index is 15.0. The second-order valence-electron chi connectivity index (χ2n) is 21.8. The van der Waals surface area contributed by atoms with Crippen LogP contribution in [-0.4, -0.2) is 160 Å². The molecule has 0 bridgehead atoms. The third-order valence-corrected chi connectivity index (χ3v) is 16.2. The van der Waals surface area contributed by atoms with Gasteiger partial charge in [-0.15, -0.1) is 0 Å². The van der Waals surface area contributed by atoms with Crippen LogP contribution in [0.2, 0.25) is 0 Å². The summed E-state index contributed by atoms with van der Waals surface area (Å²) in [6, 6.07) is 16.9. The number of nitrogens with zero attached hydrogens (tertiary/aromatic N) is 4. The summed E-state index contributed by atoms with van der Waals surface area (Å²) in [5.74, 6) is -6.05.